The maximum absolute atomic E-state index is 10.8. The van der Waals surface area contributed by atoms with Crippen LogP contribution >= 0.6 is 0 Å². The zero-order valence-corrected chi connectivity index (χ0v) is 10.3. The number of aryl methyl sites for hydroxylation is 1. The van der Waals surface area contributed by atoms with Crippen LogP contribution in [0.15, 0.2) is 24.3 Å². The molecule has 1 aromatic carbocycles. The summed E-state index contributed by atoms with van der Waals surface area (Å²) in [5.74, 6) is -0.980. The highest BCUT2D eigenvalue weighted by Gasteiger charge is 2.13. The Morgan fingerprint density at radius 1 is 1.50 bits per heavy atom. The van der Waals surface area contributed by atoms with Gasteiger partial charge in [0.1, 0.15) is 0 Å². The third-order valence-electron chi connectivity index (χ3n) is 2.50. The van der Waals surface area contributed by atoms with Gasteiger partial charge in [-0.15, -0.1) is 5.10 Å². The summed E-state index contributed by atoms with van der Waals surface area (Å²) in [6.07, 6.45) is 2.09. The molecule has 2 aromatic rings. The Bertz CT molecular complexity index is 707. The molecule has 2 rings (SSSR count). The van der Waals surface area contributed by atoms with Crippen molar-refractivity contribution in [3.63, 3.8) is 0 Å². The lowest BCUT2D eigenvalue weighted by Crippen LogP contribution is -2.03. The summed E-state index contributed by atoms with van der Waals surface area (Å²) in [5, 5.41) is 30.2. The molecule has 0 spiro atoms. The third kappa shape index (κ3) is 2.66. The van der Waals surface area contributed by atoms with Gasteiger partial charge in [0.05, 0.1) is 10.6 Å². The number of nitro benzene ring substituents is 1. The van der Waals surface area contributed by atoms with E-state index in [0.29, 0.717) is 11.3 Å². The van der Waals surface area contributed by atoms with Crippen molar-refractivity contribution >= 4 is 17.7 Å². The van der Waals surface area contributed by atoms with Crippen LogP contribution in [0.3, 0.4) is 0 Å². The number of benzene rings is 1. The second-order valence-corrected chi connectivity index (χ2v) is 3.85. The number of carbonyl (C=O) groups is 1. The van der Waals surface area contributed by atoms with Crippen molar-refractivity contribution in [1.29, 1.82) is 0 Å². The van der Waals surface area contributed by atoms with Crippen molar-refractivity contribution in [2.75, 3.05) is 0 Å². The zero-order chi connectivity index (χ0) is 14.7. The molecule has 0 bridgehead atoms. The molecule has 1 N–H and O–H groups in total. The van der Waals surface area contributed by atoms with Gasteiger partial charge in [-0.1, -0.05) is 6.07 Å². The third-order valence-corrected chi connectivity index (χ3v) is 2.50. The number of hydrogen-bond acceptors (Lipinski definition) is 6. The van der Waals surface area contributed by atoms with Crippen LogP contribution in [-0.4, -0.2) is 36.2 Å². The normalized spacial score (nSPS) is 10.8. The number of hydrogen-bond donors (Lipinski definition) is 1. The van der Waals surface area contributed by atoms with Crippen LogP contribution < -0.4 is 0 Å². The monoisotopic (exact) mass is 275 g/mol. The molecule has 0 radical (unpaired) electrons. The molecule has 0 aliphatic carbocycles. The number of aromatic nitrogens is 4. The van der Waals surface area contributed by atoms with E-state index in [9.17, 15) is 14.9 Å². The molecular formula is C11H9N5O4. The summed E-state index contributed by atoms with van der Waals surface area (Å²) in [6, 6.07) is 4.26. The molecular weight excluding hydrogens is 266 g/mol. The van der Waals surface area contributed by atoms with Crippen molar-refractivity contribution in [3.05, 3.63) is 45.8 Å². The summed E-state index contributed by atoms with van der Waals surface area (Å²) in [6.45, 7) is 1.74. The van der Waals surface area contributed by atoms with Crippen LogP contribution in [0.2, 0.25) is 0 Å². The van der Waals surface area contributed by atoms with Gasteiger partial charge in [0, 0.05) is 18.2 Å². The van der Waals surface area contributed by atoms with Gasteiger partial charge in [-0.3, -0.25) is 10.1 Å². The first-order valence-electron chi connectivity index (χ1n) is 5.44. The number of aliphatic carboxylic acids is 1. The summed E-state index contributed by atoms with van der Waals surface area (Å²) in [4.78, 5) is 20.8. The van der Waals surface area contributed by atoms with Gasteiger partial charge < -0.3 is 5.11 Å². The number of rotatable bonds is 4. The van der Waals surface area contributed by atoms with E-state index >= 15 is 0 Å². The summed E-state index contributed by atoms with van der Waals surface area (Å²) >= 11 is 0. The highest BCUT2D eigenvalue weighted by atomic mass is 16.6. The van der Waals surface area contributed by atoms with E-state index in [2.05, 4.69) is 15.5 Å². The van der Waals surface area contributed by atoms with E-state index in [0.717, 1.165) is 6.08 Å². The van der Waals surface area contributed by atoms with Gasteiger partial charge in [-0.05, 0) is 29.0 Å². The topological polar surface area (TPSA) is 124 Å². The predicted molar refractivity (Wildman–Crippen MR) is 67.2 cm³/mol. The van der Waals surface area contributed by atoms with Gasteiger partial charge in [0.25, 0.3) is 5.69 Å². The van der Waals surface area contributed by atoms with Crippen molar-refractivity contribution in [2.24, 2.45) is 0 Å². The number of nitrogens with zero attached hydrogens (tertiary/aromatic N) is 5. The van der Waals surface area contributed by atoms with E-state index < -0.39 is 10.9 Å². The number of carboxylic acids is 1. The summed E-state index contributed by atoms with van der Waals surface area (Å²) in [5.41, 5.74) is 1.02. The predicted octanol–water partition coefficient (Wildman–Crippen LogP) is 0.977. The van der Waals surface area contributed by atoms with Crippen molar-refractivity contribution < 1.29 is 14.8 Å². The number of non-ortho nitro benzene ring substituents is 1. The Morgan fingerprint density at radius 2 is 2.25 bits per heavy atom. The standard InChI is InChI=1S/C11H9N5O4/c1-7-2-3-8(16(19)20)6-9(7)15-10(12-13-14-15)4-5-11(17)18/h2-6H,1H3,(H,17,18)/b5-4+. The van der Waals surface area contributed by atoms with Crippen molar-refractivity contribution in [3.8, 4) is 5.69 Å². The molecule has 0 fully saturated rings. The fourth-order valence-corrected chi connectivity index (χ4v) is 1.55. The van der Waals surface area contributed by atoms with Gasteiger partial charge in [0.15, 0.2) is 5.82 Å². The Kier molecular flexibility index (Phi) is 3.51. The number of carboxylic acid groups (broad SMARTS) is 1. The summed E-state index contributed by atoms with van der Waals surface area (Å²) < 4.78 is 1.24. The van der Waals surface area contributed by atoms with E-state index in [4.69, 9.17) is 5.11 Å². The average Bonchev–Trinajstić information content (AvgIpc) is 2.84. The first-order chi connectivity index (χ1) is 9.49. The summed E-state index contributed by atoms with van der Waals surface area (Å²) in [7, 11) is 0. The van der Waals surface area contributed by atoms with Crippen molar-refractivity contribution in [2.45, 2.75) is 6.92 Å². The average molecular weight is 275 g/mol. The second-order valence-electron chi connectivity index (χ2n) is 3.85. The van der Waals surface area contributed by atoms with Gasteiger partial charge in [-0.25, -0.2) is 4.79 Å². The molecule has 9 heteroatoms. The molecule has 0 amide bonds. The minimum Gasteiger partial charge on any atom is -0.478 e. The van der Waals surface area contributed by atoms with Crippen LogP contribution in [0.4, 0.5) is 5.69 Å². The Hall–Kier alpha value is -3.10. The molecule has 9 nitrogen and oxygen atoms in total. The molecule has 1 heterocycles. The van der Waals surface area contributed by atoms with Crippen LogP contribution in [-0.2, 0) is 4.79 Å². The molecule has 0 aliphatic rings. The zero-order valence-electron chi connectivity index (χ0n) is 10.3. The smallest absolute Gasteiger partial charge is 0.328 e. The Balaban J connectivity index is 2.52. The molecule has 1 aromatic heterocycles. The van der Waals surface area contributed by atoms with Crippen LogP contribution in [0.5, 0.6) is 0 Å². The van der Waals surface area contributed by atoms with Crippen LogP contribution in [0.1, 0.15) is 11.4 Å². The Labute approximate surface area is 112 Å². The van der Waals surface area contributed by atoms with E-state index in [-0.39, 0.29) is 11.5 Å². The van der Waals surface area contributed by atoms with Gasteiger partial charge >= 0.3 is 5.97 Å². The lowest BCUT2D eigenvalue weighted by Gasteiger charge is -2.05. The molecule has 0 atom stereocenters. The Morgan fingerprint density at radius 3 is 2.90 bits per heavy atom. The van der Waals surface area contributed by atoms with E-state index in [1.54, 1.807) is 13.0 Å². The number of nitro groups is 1. The minimum atomic E-state index is -1.14. The quantitative estimate of drug-likeness (QED) is 0.500. The van der Waals surface area contributed by atoms with E-state index in [1.165, 1.54) is 22.9 Å². The molecule has 0 aliphatic heterocycles. The SMILES string of the molecule is Cc1ccc([N+](=O)[O-])cc1-n1nnnc1/C=C/C(=O)O. The minimum absolute atomic E-state index is 0.103. The van der Waals surface area contributed by atoms with Crippen LogP contribution in [0.25, 0.3) is 11.8 Å². The van der Waals surface area contributed by atoms with Crippen LogP contribution in [0, 0.1) is 17.0 Å². The first-order valence-corrected chi connectivity index (χ1v) is 5.44. The fourth-order valence-electron chi connectivity index (χ4n) is 1.55. The van der Waals surface area contributed by atoms with Gasteiger partial charge in [-0.2, -0.15) is 4.68 Å². The van der Waals surface area contributed by atoms with Gasteiger partial charge in [0.2, 0.25) is 0 Å². The van der Waals surface area contributed by atoms with Crippen molar-refractivity contribution in [1.82, 2.24) is 20.2 Å². The molecule has 20 heavy (non-hydrogen) atoms. The van der Waals surface area contributed by atoms with E-state index in [1.807, 2.05) is 0 Å². The first kappa shape index (κ1) is 13.3. The largest absolute Gasteiger partial charge is 0.478 e. The maximum Gasteiger partial charge on any atom is 0.328 e. The second kappa shape index (κ2) is 5.26. The number of tetrazole rings is 1. The lowest BCUT2D eigenvalue weighted by atomic mass is 10.2. The fraction of sp³-hybridized carbons (Fsp3) is 0.0909. The molecule has 0 saturated carbocycles. The highest BCUT2D eigenvalue weighted by molar-refractivity contribution is 5.84. The maximum atomic E-state index is 10.8. The molecule has 0 unspecified atom stereocenters. The molecule has 0 saturated heterocycles. The molecule has 102 valence electrons. The highest BCUT2D eigenvalue weighted by Crippen LogP contribution is 2.21. The lowest BCUT2D eigenvalue weighted by molar-refractivity contribution is -0.384.